The van der Waals surface area contributed by atoms with Crippen LogP contribution >= 0.6 is 0 Å². The van der Waals surface area contributed by atoms with E-state index in [1.165, 1.54) is 0 Å². The van der Waals surface area contributed by atoms with Gasteiger partial charge >= 0.3 is 0 Å². The zero-order chi connectivity index (χ0) is 14.4. The number of hydrogen-bond donors (Lipinski definition) is 1. The van der Waals surface area contributed by atoms with E-state index >= 15 is 0 Å². The SMILES string of the molecule is C[C@H]([C@@H](C)NCCC(=O)N1CCOCC1)n1cccn1. The predicted molar refractivity (Wildman–Crippen MR) is 76.4 cm³/mol. The van der Waals surface area contributed by atoms with Crippen LogP contribution in [0.2, 0.25) is 0 Å². The van der Waals surface area contributed by atoms with Gasteiger partial charge in [0, 0.05) is 44.5 Å². The molecule has 6 nitrogen and oxygen atoms in total. The smallest absolute Gasteiger partial charge is 0.224 e. The standard InChI is InChI=1S/C14H24N4O2/c1-12(13(2)18-7-3-5-16-18)15-6-4-14(19)17-8-10-20-11-9-17/h3,5,7,12-13,15H,4,6,8-11H2,1-2H3/t12-,13-/m1/s1. The van der Waals surface area contributed by atoms with Gasteiger partial charge in [-0.25, -0.2) is 0 Å². The van der Waals surface area contributed by atoms with Crippen LogP contribution in [0.3, 0.4) is 0 Å². The third-order valence-corrected chi connectivity index (χ3v) is 3.83. The number of rotatable bonds is 6. The summed E-state index contributed by atoms with van der Waals surface area (Å²) in [4.78, 5) is 13.9. The van der Waals surface area contributed by atoms with Gasteiger partial charge in [-0.05, 0) is 19.9 Å². The first-order valence-electron chi connectivity index (χ1n) is 7.26. The molecule has 0 radical (unpaired) electrons. The van der Waals surface area contributed by atoms with Crippen molar-refractivity contribution in [2.75, 3.05) is 32.8 Å². The molecule has 2 heterocycles. The van der Waals surface area contributed by atoms with Crippen molar-refractivity contribution in [2.24, 2.45) is 0 Å². The molecule has 1 aliphatic heterocycles. The van der Waals surface area contributed by atoms with Crippen molar-refractivity contribution in [3.63, 3.8) is 0 Å². The summed E-state index contributed by atoms with van der Waals surface area (Å²) in [6.07, 6.45) is 4.28. The molecule has 1 amide bonds. The normalized spacial score (nSPS) is 18.8. The Labute approximate surface area is 120 Å². The van der Waals surface area contributed by atoms with E-state index in [2.05, 4.69) is 24.3 Å². The maximum atomic E-state index is 12.0. The molecule has 0 saturated carbocycles. The van der Waals surface area contributed by atoms with E-state index in [-0.39, 0.29) is 18.0 Å². The monoisotopic (exact) mass is 280 g/mol. The Bertz CT molecular complexity index is 401. The summed E-state index contributed by atoms with van der Waals surface area (Å²) in [6.45, 7) is 7.69. The fourth-order valence-corrected chi connectivity index (χ4v) is 2.30. The predicted octanol–water partition coefficient (Wildman–Crippen LogP) is 0.671. The zero-order valence-corrected chi connectivity index (χ0v) is 12.3. The van der Waals surface area contributed by atoms with Gasteiger partial charge < -0.3 is 15.0 Å². The van der Waals surface area contributed by atoms with Crippen LogP contribution in [0.15, 0.2) is 18.5 Å². The molecule has 6 heteroatoms. The van der Waals surface area contributed by atoms with E-state index in [1.807, 2.05) is 21.8 Å². The second-order valence-electron chi connectivity index (χ2n) is 5.21. The zero-order valence-electron chi connectivity index (χ0n) is 12.3. The number of aromatic nitrogens is 2. The molecule has 0 spiro atoms. The molecule has 1 N–H and O–H groups in total. The summed E-state index contributed by atoms with van der Waals surface area (Å²) in [7, 11) is 0. The van der Waals surface area contributed by atoms with E-state index in [0.29, 0.717) is 26.2 Å². The summed E-state index contributed by atoms with van der Waals surface area (Å²) >= 11 is 0. The largest absolute Gasteiger partial charge is 0.378 e. The Morgan fingerprint density at radius 3 is 2.80 bits per heavy atom. The lowest BCUT2D eigenvalue weighted by Gasteiger charge is -2.27. The average molecular weight is 280 g/mol. The molecular weight excluding hydrogens is 256 g/mol. The van der Waals surface area contributed by atoms with Crippen LogP contribution in [-0.2, 0) is 9.53 Å². The van der Waals surface area contributed by atoms with Crippen molar-refractivity contribution in [1.82, 2.24) is 20.0 Å². The highest BCUT2D eigenvalue weighted by Gasteiger charge is 2.18. The summed E-state index contributed by atoms with van der Waals surface area (Å²) in [5.74, 6) is 0.208. The molecule has 1 aliphatic rings. The molecule has 112 valence electrons. The molecular formula is C14H24N4O2. The summed E-state index contributed by atoms with van der Waals surface area (Å²) in [5, 5.41) is 7.64. The molecule has 0 aromatic carbocycles. The number of hydrogen-bond acceptors (Lipinski definition) is 4. The van der Waals surface area contributed by atoms with Gasteiger partial charge in [0.15, 0.2) is 0 Å². The maximum absolute atomic E-state index is 12.0. The fourth-order valence-electron chi connectivity index (χ4n) is 2.30. The van der Waals surface area contributed by atoms with Gasteiger partial charge in [0.1, 0.15) is 0 Å². The second kappa shape index (κ2) is 7.40. The third-order valence-electron chi connectivity index (χ3n) is 3.83. The van der Waals surface area contributed by atoms with Crippen LogP contribution in [0.1, 0.15) is 26.3 Å². The first-order chi connectivity index (χ1) is 9.68. The van der Waals surface area contributed by atoms with Crippen LogP contribution in [0.5, 0.6) is 0 Å². The van der Waals surface area contributed by atoms with E-state index in [9.17, 15) is 4.79 Å². The lowest BCUT2D eigenvalue weighted by atomic mass is 10.1. The van der Waals surface area contributed by atoms with Gasteiger partial charge in [-0.15, -0.1) is 0 Å². The minimum absolute atomic E-state index is 0.208. The summed E-state index contributed by atoms with van der Waals surface area (Å²) in [6, 6.07) is 2.46. The van der Waals surface area contributed by atoms with Gasteiger partial charge in [0.05, 0.1) is 19.3 Å². The summed E-state index contributed by atoms with van der Waals surface area (Å²) < 4.78 is 7.18. The van der Waals surface area contributed by atoms with E-state index < -0.39 is 0 Å². The lowest BCUT2D eigenvalue weighted by molar-refractivity contribution is -0.135. The number of morpholine rings is 1. The van der Waals surface area contributed by atoms with Gasteiger partial charge in [0.25, 0.3) is 0 Å². The number of carbonyl (C=O) groups is 1. The number of ether oxygens (including phenoxy) is 1. The minimum atomic E-state index is 0.208. The molecule has 1 fully saturated rings. The van der Waals surface area contributed by atoms with Gasteiger partial charge in [0.2, 0.25) is 5.91 Å². The Morgan fingerprint density at radius 1 is 1.40 bits per heavy atom. The molecule has 20 heavy (non-hydrogen) atoms. The molecule has 1 aromatic rings. The van der Waals surface area contributed by atoms with E-state index in [4.69, 9.17) is 4.74 Å². The topological polar surface area (TPSA) is 59.4 Å². The van der Waals surface area contributed by atoms with Gasteiger partial charge in [-0.1, -0.05) is 0 Å². The van der Waals surface area contributed by atoms with Gasteiger partial charge in [-0.2, -0.15) is 5.10 Å². The van der Waals surface area contributed by atoms with Crippen LogP contribution in [0.4, 0.5) is 0 Å². The highest BCUT2D eigenvalue weighted by Crippen LogP contribution is 2.09. The minimum Gasteiger partial charge on any atom is -0.378 e. The quantitative estimate of drug-likeness (QED) is 0.832. The van der Waals surface area contributed by atoms with E-state index in [0.717, 1.165) is 13.1 Å². The van der Waals surface area contributed by atoms with Crippen molar-refractivity contribution >= 4 is 5.91 Å². The summed E-state index contributed by atoms with van der Waals surface area (Å²) in [5.41, 5.74) is 0. The fraction of sp³-hybridized carbons (Fsp3) is 0.714. The number of nitrogens with zero attached hydrogens (tertiary/aromatic N) is 3. The molecule has 0 unspecified atom stereocenters. The first-order valence-corrected chi connectivity index (χ1v) is 7.26. The number of carbonyl (C=O) groups excluding carboxylic acids is 1. The molecule has 0 bridgehead atoms. The van der Waals surface area contributed by atoms with Gasteiger partial charge in [-0.3, -0.25) is 9.48 Å². The van der Waals surface area contributed by atoms with Crippen molar-refractivity contribution in [3.05, 3.63) is 18.5 Å². The average Bonchev–Trinajstić information content (AvgIpc) is 3.01. The molecule has 2 atom stereocenters. The molecule has 1 aromatic heterocycles. The molecule has 0 aliphatic carbocycles. The van der Waals surface area contributed by atoms with Crippen LogP contribution in [0.25, 0.3) is 0 Å². The Hall–Kier alpha value is -1.40. The Kier molecular flexibility index (Phi) is 5.55. The van der Waals surface area contributed by atoms with Crippen LogP contribution < -0.4 is 5.32 Å². The van der Waals surface area contributed by atoms with Crippen LogP contribution in [0, 0.1) is 0 Å². The molecule has 1 saturated heterocycles. The Morgan fingerprint density at radius 2 is 2.15 bits per heavy atom. The number of amides is 1. The van der Waals surface area contributed by atoms with E-state index in [1.54, 1.807) is 6.20 Å². The van der Waals surface area contributed by atoms with Crippen LogP contribution in [-0.4, -0.2) is 59.5 Å². The van der Waals surface area contributed by atoms with Crippen molar-refractivity contribution < 1.29 is 9.53 Å². The Balaban J connectivity index is 1.68. The molecule has 2 rings (SSSR count). The second-order valence-corrected chi connectivity index (χ2v) is 5.21. The van der Waals surface area contributed by atoms with Crippen molar-refractivity contribution in [1.29, 1.82) is 0 Å². The van der Waals surface area contributed by atoms with Crippen molar-refractivity contribution in [3.8, 4) is 0 Å². The number of nitrogens with one attached hydrogen (secondary N) is 1. The van der Waals surface area contributed by atoms with Crippen molar-refractivity contribution in [2.45, 2.75) is 32.4 Å². The first kappa shape index (κ1) is 15.0. The lowest BCUT2D eigenvalue weighted by Crippen LogP contribution is -2.42. The highest BCUT2D eigenvalue weighted by molar-refractivity contribution is 5.76. The highest BCUT2D eigenvalue weighted by atomic mass is 16.5. The third kappa shape index (κ3) is 4.05. The maximum Gasteiger partial charge on any atom is 0.224 e.